The average molecular weight is 262 g/mol. The molecule has 0 aliphatic heterocycles. The molecule has 0 atom stereocenters. The monoisotopic (exact) mass is 262 g/mol. The molecule has 0 aliphatic carbocycles. The Bertz CT molecular complexity index is 532. The van der Waals surface area contributed by atoms with Crippen LogP contribution in [0.4, 0.5) is 0 Å². The van der Waals surface area contributed by atoms with Gasteiger partial charge in [0.15, 0.2) is 0 Å². The second-order valence-electron chi connectivity index (χ2n) is 3.51. The Kier molecular flexibility index (Phi) is 3.91. The van der Waals surface area contributed by atoms with Crippen LogP contribution in [-0.4, -0.2) is 42.7 Å². The lowest BCUT2D eigenvalue weighted by Gasteiger charge is -2.05. The minimum Gasteiger partial charge on any atom is -0.477 e. The third-order valence-corrected chi connectivity index (χ3v) is 3.99. The summed E-state index contributed by atoms with van der Waals surface area (Å²) in [7, 11) is -3.80. The minimum absolute atomic E-state index is 0.0802. The Morgan fingerprint density at radius 2 is 2.00 bits per heavy atom. The molecule has 0 bridgehead atoms. The third-order valence-electron chi connectivity index (χ3n) is 2.26. The summed E-state index contributed by atoms with van der Waals surface area (Å²) in [6.45, 7) is 2.45. The van der Waals surface area contributed by atoms with E-state index in [1.54, 1.807) is 0 Å². The summed E-state index contributed by atoms with van der Waals surface area (Å²) in [5.74, 6) is -1.21. The first-order valence-corrected chi connectivity index (χ1v) is 6.32. The summed E-state index contributed by atoms with van der Waals surface area (Å²) < 4.78 is 25.8. The Morgan fingerprint density at radius 1 is 1.41 bits per heavy atom. The number of nitrogens with one attached hydrogen (secondary N) is 2. The summed E-state index contributed by atoms with van der Waals surface area (Å²) in [5, 5.41) is 17.4. The Labute approximate surface area is 98.5 Å². The molecule has 0 aromatic carbocycles. The fourth-order valence-electron chi connectivity index (χ4n) is 1.60. The smallest absolute Gasteiger partial charge is 0.352 e. The van der Waals surface area contributed by atoms with Gasteiger partial charge in [0, 0.05) is 17.8 Å². The van der Waals surface area contributed by atoms with Gasteiger partial charge >= 0.3 is 5.97 Å². The first-order chi connectivity index (χ1) is 7.81. The summed E-state index contributed by atoms with van der Waals surface area (Å²) in [6.07, 6.45) is 0. The van der Waals surface area contributed by atoms with E-state index in [2.05, 4.69) is 9.71 Å². The van der Waals surface area contributed by atoms with Crippen molar-refractivity contribution in [2.45, 2.75) is 18.7 Å². The van der Waals surface area contributed by atoms with Crippen LogP contribution in [0.15, 0.2) is 4.90 Å². The van der Waals surface area contributed by atoms with Crippen LogP contribution in [0.25, 0.3) is 0 Å². The van der Waals surface area contributed by atoms with E-state index in [4.69, 9.17) is 10.2 Å². The highest BCUT2D eigenvalue weighted by atomic mass is 32.2. The Morgan fingerprint density at radius 3 is 2.41 bits per heavy atom. The van der Waals surface area contributed by atoms with Crippen molar-refractivity contribution in [2.24, 2.45) is 0 Å². The molecule has 0 aliphatic rings. The lowest BCUT2D eigenvalue weighted by Crippen LogP contribution is -2.27. The molecule has 1 rings (SSSR count). The van der Waals surface area contributed by atoms with Gasteiger partial charge in [0.1, 0.15) is 10.6 Å². The highest BCUT2D eigenvalue weighted by Gasteiger charge is 2.25. The van der Waals surface area contributed by atoms with Gasteiger partial charge in [-0.3, -0.25) is 0 Å². The molecular formula is C9H14N2O5S. The summed E-state index contributed by atoms with van der Waals surface area (Å²) >= 11 is 0. The molecule has 0 unspecified atom stereocenters. The van der Waals surface area contributed by atoms with Gasteiger partial charge in [0.05, 0.1) is 6.61 Å². The van der Waals surface area contributed by atoms with Gasteiger partial charge in [-0.1, -0.05) is 0 Å². The Hall–Kier alpha value is -1.38. The molecule has 7 nitrogen and oxygen atoms in total. The van der Waals surface area contributed by atoms with Crippen molar-refractivity contribution in [1.29, 1.82) is 0 Å². The second-order valence-corrected chi connectivity index (χ2v) is 5.21. The SMILES string of the molecule is Cc1[nH]c(C(=O)O)c(C)c1S(=O)(=O)NCCO. The topological polar surface area (TPSA) is 119 Å². The van der Waals surface area contributed by atoms with E-state index >= 15 is 0 Å². The Balaban J connectivity index is 3.28. The minimum atomic E-state index is -3.80. The highest BCUT2D eigenvalue weighted by Crippen LogP contribution is 2.22. The molecule has 4 N–H and O–H groups in total. The molecule has 0 amide bonds. The number of aromatic amines is 1. The number of carboxylic acid groups (broad SMARTS) is 1. The van der Waals surface area contributed by atoms with Crippen molar-refractivity contribution in [3.8, 4) is 0 Å². The number of carbonyl (C=O) groups is 1. The van der Waals surface area contributed by atoms with Gasteiger partial charge in [-0.15, -0.1) is 0 Å². The van der Waals surface area contributed by atoms with Crippen molar-refractivity contribution in [2.75, 3.05) is 13.2 Å². The van der Waals surface area contributed by atoms with Crippen LogP contribution in [0.3, 0.4) is 0 Å². The molecule has 0 radical (unpaired) electrons. The van der Waals surface area contributed by atoms with E-state index in [9.17, 15) is 13.2 Å². The molecule has 0 saturated heterocycles. The van der Waals surface area contributed by atoms with Gasteiger partial charge in [-0.05, 0) is 13.8 Å². The van der Waals surface area contributed by atoms with Crippen LogP contribution in [0.1, 0.15) is 21.7 Å². The molecule has 1 aromatic heterocycles. The molecule has 1 aromatic rings. The maximum atomic E-state index is 11.8. The standard InChI is InChI=1S/C9H14N2O5S/c1-5-7(9(13)14)11-6(2)8(5)17(15,16)10-3-4-12/h10-12H,3-4H2,1-2H3,(H,13,14). The second kappa shape index (κ2) is 4.86. The number of aliphatic hydroxyl groups is 1. The largest absolute Gasteiger partial charge is 0.477 e. The van der Waals surface area contributed by atoms with Crippen molar-refractivity contribution in [3.63, 3.8) is 0 Å². The molecule has 1 heterocycles. The zero-order valence-corrected chi connectivity index (χ0v) is 10.3. The number of aliphatic hydroxyl groups excluding tert-OH is 1. The zero-order chi connectivity index (χ0) is 13.2. The van der Waals surface area contributed by atoms with E-state index < -0.39 is 16.0 Å². The maximum Gasteiger partial charge on any atom is 0.352 e. The van der Waals surface area contributed by atoms with E-state index in [0.29, 0.717) is 0 Å². The fraction of sp³-hybridized carbons (Fsp3) is 0.444. The third kappa shape index (κ3) is 2.65. The van der Waals surface area contributed by atoms with Crippen LogP contribution in [0.2, 0.25) is 0 Å². The summed E-state index contributed by atoms with van der Waals surface area (Å²) in [4.78, 5) is 13.3. The molecule has 0 saturated carbocycles. The first-order valence-electron chi connectivity index (χ1n) is 4.84. The van der Waals surface area contributed by atoms with E-state index in [-0.39, 0.29) is 35.0 Å². The average Bonchev–Trinajstić information content (AvgIpc) is 2.52. The maximum absolute atomic E-state index is 11.8. The summed E-state index contributed by atoms with van der Waals surface area (Å²) in [5.41, 5.74) is 0.262. The summed E-state index contributed by atoms with van der Waals surface area (Å²) in [6, 6.07) is 0. The number of sulfonamides is 1. The van der Waals surface area contributed by atoms with Gasteiger partial charge in [-0.25, -0.2) is 17.9 Å². The lowest BCUT2D eigenvalue weighted by atomic mass is 10.2. The number of aromatic nitrogens is 1. The number of hydrogen-bond donors (Lipinski definition) is 4. The van der Waals surface area contributed by atoms with Gasteiger partial charge in [0.2, 0.25) is 10.0 Å². The number of aromatic carboxylic acids is 1. The molecular weight excluding hydrogens is 248 g/mol. The fourth-order valence-corrected chi connectivity index (χ4v) is 3.07. The van der Waals surface area contributed by atoms with Crippen LogP contribution < -0.4 is 4.72 Å². The molecule has 17 heavy (non-hydrogen) atoms. The lowest BCUT2D eigenvalue weighted by molar-refractivity contribution is 0.0690. The van der Waals surface area contributed by atoms with E-state index in [1.807, 2.05) is 0 Å². The number of carboxylic acids is 1. The van der Waals surface area contributed by atoms with Crippen LogP contribution in [0, 0.1) is 13.8 Å². The highest BCUT2D eigenvalue weighted by molar-refractivity contribution is 7.89. The van der Waals surface area contributed by atoms with Crippen LogP contribution >= 0.6 is 0 Å². The predicted octanol–water partition coefficient (Wildman–Crippen LogP) is -0.400. The first kappa shape index (κ1) is 13.7. The molecule has 8 heteroatoms. The van der Waals surface area contributed by atoms with Crippen molar-refractivity contribution >= 4 is 16.0 Å². The number of H-pyrrole nitrogens is 1. The van der Waals surface area contributed by atoms with Gasteiger partial charge in [0.25, 0.3) is 0 Å². The van der Waals surface area contributed by atoms with Gasteiger partial charge < -0.3 is 15.2 Å². The zero-order valence-electron chi connectivity index (χ0n) is 9.44. The van der Waals surface area contributed by atoms with Crippen molar-refractivity contribution < 1.29 is 23.4 Å². The van der Waals surface area contributed by atoms with Gasteiger partial charge in [-0.2, -0.15) is 0 Å². The number of rotatable bonds is 5. The molecule has 96 valence electrons. The predicted molar refractivity (Wildman–Crippen MR) is 59.5 cm³/mol. The van der Waals surface area contributed by atoms with Crippen molar-refractivity contribution in [3.05, 3.63) is 17.0 Å². The molecule has 0 fully saturated rings. The molecule has 0 spiro atoms. The van der Waals surface area contributed by atoms with E-state index in [1.165, 1.54) is 13.8 Å². The normalized spacial score (nSPS) is 11.7. The number of hydrogen-bond acceptors (Lipinski definition) is 4. The van der Waals surface area contributed by atoms with Crippen molar-refractivity contribution in [1.82, 2.24) is 9.71 Å². The number of aryl methyl sites for hydroxylation is 1. The van der Waals surface area contributed by atoms with Crippen LogP contribution in [-0.2, 0) is 10.0 Å². The van der Waals surface area contributed by atoms with Crippen LogP contribution in [0.5, 0.6) is 0 Å². The quantitative estimate of drug-likeness (QED) is 0.575. The van der Waals surface area contributed by atoms with E-state index in [0.717, 1.165) is 0 Å².